The molecular formula is C23H21N3O2S. The van der Waals surface area contributed by atoms with E-state index in [9.17, 15) is 4.79 Å². The Kier molecular flexibility index (Phi) is 4.77. The fourth-order valence-corrected chi connectivity index (χ4v) is 4.66. The number of fused-ring (bicyclic) bond motifs is 1. The number of benzene rings is 2. The fraction of sp³-hybridized carbons (Fsp3) is 0.217. The molecule has 5 nitrogen and oxygen atoms in total. The highest BCUT2D eigenvalue weighted by atomic mass is 32.1. The molecule has 1 atom stereocenters. The molecule has 0 spiro atoms. The number of anilines is 2. The first-order valence-electron chi connectivity index (χ1n) is 9.75. The Morgan fingerprint density at radius 1 is 1.10 bits per heavy atom. The topological polar surface area (TPSA) is 53.9 Å². The third kappa shape index (κ3) is 3.76. The summed E-state index contributed by atoms with van der Waals surface area (Å²) >= 11 is 1.85. The number of hydrogen-bond acceptors (Lipinski definition) is 5. The SMILES string of the molecule is O=C(Nc1ccc(N2CCc3sccc3C2)cc1)C1CC(c2ccccc2)=NO1. The number of carbonyl (C=O) groups excluding carboxylic acids is 1. The summed E-state index contributed by atoms with van der Waals surface area (Å²) in [6.07, 6.45) is 0.975. The van der Waals surface area contributed by atoms with Gasteiger partial charge in [-0.05, 0) is 53.3 Å². The number of hydrogen-bond donors (Lipinski definition) is 1. The quantitative estimate of drug-likeness (QED) is 0.701. The smallest absolute Gasteiger partial charge is 0.268 e. The highest BCUT2D eigenvalue weighted by Crippen LogP contribution is 2.28. The molecule has 0 fully saturated rings. The van der Waals surface area contributed by atoms with E-state index < -0.39 is 6.10 Å². The van der Waals surface area contributed by atoms with E-state index in [-0.39, 0.29) is 5.91 Å². The van der Waals surface area contributed by atoms with Gasteiger partial charge in [-0.25, -0.2) is 0 Å². The van der Waals surface area contributed by atoms with E-state index in [2.05, 4.69) is 39.0 Å². The van der Waals surface area contributed by atoms with Gasteiger partial charge in [0.05, 0.1) is 5.71 Å². The van der Waals surface area contributed by atoms with Crippen LogP contribution in [0.15, 0.2) is 71.2 Å². The van der Waals surface area contributed by atoms with Gasteiger partial charge in [-0.1, -0.05) is 35.5 Å². The molecule has 1 amide bonds. The number of rotatable bonds is 4. The summed E-state index contributed by atoms with van der Waals surface area (Å²) in [5.41, 5.74) is 5.16. The van der Waals surface area contributed by atoms with E-state index in [4.69, 9.17) is 4.84 Å². The molecule has 2 aliphatic heterocycles. The van der Waals surface area contributed by atoms with Crippen molar-refractivity contribution in [2.24, 2.45) is 5.16 Å². The van der Waals surface area contributed by atoms with Crippen molar-refractivity contribution >= 4 is 34.3 Å². The second-order valence-corrected chi connectivity index (χ2v) is 8.28. The van der Waals surface area contributed by atoms with Gasteiger partial charge >= 0.3 is 0 Å². The Hall–Kier alpha value is -3.12. The number of carbonyl (C=O) groups is 1. The van der Waals surface area contributed by atoms with Crippen LogP contribution in [0.5, 0.6) is 0 Å². The van der Waals surface area contributed by atoms with Gasteiger partial charge in [-0.3, -0.25) is 4.79 Å². The third-order valence-electron chi connectivity index (χ3n) is 5.38. The summed E-state index contributed by atoms with van der Waals surface area (Å²) in [6, 6.07) is 20.0. The van der Waals surface area contributed by atoms with Crippen molar-refractivity contribution < 1.29 is 9.63 Å². The van der Waals surface area contributed by atoms with Crippen LogP contribution in [0.4, 0.5) is 11.4 Å². The average Bonchev–Trinajstić information content (AvgIpc) is 3.44. The van der Waals surface area contributed by atoms with Crippen LogP contribution in [-0.4, -0.2) is 24.3 Å². The molecule has 5 rings (SSSR count). The molecule has 1 N–H and O–H groups in total. The third-order valence-corrected chi connectivity index (χ3v) is 6.40. The summed E-state index contributed by atoms with van der Waals surface area (Å²) in [4.78, 5) is 21.8. The Bertz CT molecular complexity index is 1040. The molecule has 0 saturated heterocycles. The summed E-state index contributed by atoms with van der Waals surface area (Å²) in [5.74, 6) is -0.173. The second kappa shape index (κ2) is 7.72. The van der Waals surface area contributed by atoms with Crippen molar-refractivity contribution in [2.75, 3.05) is 16.8 Å². The fourth-order valence-electron chi connectivity index (χ4n) is 3.77. The first kappa shape index (κ1) is 17.9. The zero-order chi connectivity index (χ0) is 19.6. The summed E-state index contributed by atoms with van der Waals surface area (Å²) < 4.78 is 0. The maximum atomic E-state index is 12.6. The molecule has 0 bridgehead atoms. The molecule has 0 aliphatic carbocycles. The van der Waals surface area contributed by atoms with Gasteiger partial charge in [-0.15, -0.1) is 11.3 Å². The summed E-state index contributed by atoms with van der Waals surface area (Å²) in [7, 11) is 0. The van der Waals surface area contributed by atoms with Crippen LogP contribution in [0.25, 0.3) is 0 Å². The van der Waals surface area contributed by atoms with Gasteiger partial charge in [-0.2, -0.15) is 0 Å². The zero-order valence-corrected chi connectivity index (χ0v) is 16.7. The van der Waals surface area contributed by atoms with Crippen LogP contribution in [0.2, 0.25) is 0 Å². The predicted molar refractivity (Wildman–Crippen MR) is 117 cm³/mol. The van der Waals surface area contributed by atoms with E-state index in [0.29, 0.717) is 6.42 Å². The molecule has 0 saturated carbocycles. The number of nitrogens with one attached hydrogen (secondary N) is 1. The highest BCUT2D eigenvalue weighted by Gasteiger charge is 2.29. The minimum Gasteiger partial charge on any atom is -0.382 e. The number of amides is 1. The molecule has 3 aromatic rings. The highest BCUT2D eigenvalue weighted by molar-refractivity contribution is 7.10. The van der Waals surface area contributed by atoms with E-state index in [0.717, 1.165) is 36.5 Å². The molecule has 1 aromatic heterocycles. The molecule has 3 heterocycles. The lowest BCUT2D eigenvalue weighted by molar-refractivity contribution is -0.125. The van der Waals surface area contributed by atoms with E-state index in [1.165, 1.54) is 16.1 Å². The monoisotopic (exact) mass is 403 g/mol. The van der Waals surface area contributed by atoms with Gasteiger partial charge in [0.2, 0.25) is 6.10 Å². The Labute approximate surface area is 173 Å². The second-order valence-electron chi connectivity index (χ2n) is 7.28. The lowest BCUT2D eigenvalue weighted by Crippen LogP contribution is -2.29. The first-order chi connectivity index (χ1) is 14.3. The number of oxime groups is 1. The summed E-state index contributed by atoms with van der Waals surface area (Å²) in [5, 5.41) is 9.20. The lowest BCUT2D eigenvalue weighted by Gasteiger charge is -2.29. The molecule has 29 heavy (non-hydrogen) atoms. The maximum absolute atomic E-state index is 12.6. The average molecular weight is 404 g/mol. The van der Waals surface area contributed by atoms with Crippen LogP contribution >= 0.6 is 11.3 Å². The predicted octanol–water partition coefficient (Wildman–Crippen LogP) is 4.44. The van der Waals surface area contributed by atoms with Crippen LogP contribution in [0.1, 0.15) is 22.4 Å². The van der Waals surface area contributed by atoms with Crippen molar-refractivity contribution in [3.05, 3.63) is 82.0 Å². The summed E-state index contributed by atoms with van der Waals surface area (Å²) in [6.45, 7) is 1.97. The normalized spacial score (nSPS) is 18.0. The Morgan fingerprint density at radius 3 is 2.76 bits per heavy atom. The largest absolute Gasteiger partial charge is 0.382 e. The lowest BCUT2D eigenvalue weighted by atomic mass is 10.0. The molecular weight excluding hydrogens is 382 g/mol. The van der Waals surface area contributed by atoms with Crippen molar-refractivity contribution in [1.82, 2.24) is 0 Å². The van der Waals surface area contributed by atoms with E-state index in [1.54, 1.807) is 0 Å². The van der Waals surface area contributed by atoms with Crippen molar-refractivity contribution in [3.8, 4) is 0 Å². The molecule has 146 valence electrons. The van der Waals surface area contributed by atoms with Gasteiger partial charge in [0.1, 0.15) is 0 Å². The molecule has 1 unspecified atom stereocenters. The van der Waals surface area contributed by atoms with Gasteiger partial charge in [0, 0.05) is 35.8 Å². The number of thiophene rings is 1. The van der Waals surface area contributed by atoms with E-state index in [1.807, 2.05) is 53.8 Å². The van der Waals surface area contributed by atoms with Crippen molar-refractivity contribution in [1.29, 1.82) is 0 Å². The van der Waals surface area contributed by atoms with Crippen LogP contribution < -0.4 is 10.2 Å². The van der Waals surface area contributed by atoms with Crippen LogP contribution in [-0.2, 0) is 22.6 Å². The maximum Gasteiger partial charge on any atom is 0.268 e. The van der Waals surface area contributed by atoms with Gasteiger partial charge in [0.25, 0.3) is 5.91 Å². The Morgan fingerprint density at radius 2 is 1.93 bits per heavy atom. The molecule has 2 aromatic carbocycles. The first-order valence-corrected chi connectivity index (χ1v) is 10.6. The Balaban J connectivity index is 1.19. The van der Waals surface area contributed by atoms with Crippen LogP contribution in [0, 0.1) is 0 Å². The van der Waals surface area contributed by atoms with Gasteiger partial charge in [0.15, 0.2) is 0 Å². The molecule has 6 heteroatoms. The molecule has 0 radical (unpaired) electrons. The van der Waals surface area contributed by atoms with Crippen LogP contribution in [0.3, 0.4) is 0 Å². The minimum absolute atomic E-state index is 0.173. The zero-order valence-electron chi connectivity index (χ0n) is 15.9. The van der Waals surface area contributed by atoms with Crippen molar-refractivity contribution in [2.45, 2.75) is 25.5 Å². The standard InChI is InChI=1S/C23H21N3O2S/c27-23(21-14-20(25-28-21)16-4-2-1-3-5-16)24-18-6-8-19(9-7-18)26-12-10-22-17(15-26)11-13-29-22/h1-9,11,13,21H,10,12,14-15H2,(H,24,27). The number of nitrogens with zero attached hydrogens (tertiary/aromatic N) is 2. The van der Waals surface area contributed by atoms with E-state index >= 15 is 0 Å². The van der Waals surface area contributed by atoms with Gasteiger partial charge < -0.3 is 15.1 Å². The molecule has 2 aliphatic rings. The van der Waals surface area contributed by atoms with Crippen molar-refractivity contribution in [3.63, 3.8) is 0 Å². The minimum atomic E-state index is -0.594.